The largest absolute Gasteiger partial charge is 0.383 e. The van der Waals surface area contributed by atoms with Crippen LogP contribution in [0.3, 0.4) is 0 Å². The first-order valence-electron chi connectivity index (χ1n) is 9.36. The summed E-state index contributed by atoms with van der Waals surface area (Å²) in [7, 11) is 1.73. The van der Waals surface area contributed by atoms with Crippen LogP contribution in [0, 0.1) is 11.8 Å². The van der Waals surface area contributed by atoms with Crippen LogP contribution >= 0.6 is 0 Å². The number of nitrogens with zero attached hydrogens (tertiary/aromatic N) is 1. The van der Waals surface area contributed by atoms with Crippen molar-refractivity contribution in [1.82, 2.24) is 15.5 Å². The summed E-state index contributed by atoms with van der Waals surface area (Å²) in [6, 6.07) is -0.355. The average molecular weight is 339 g/mol. The Hall–Kier alpha value is -1.14. The van der Waals surface area contributed by atoms with E-state index in [4.69, 9.17) is 4.74 Å². The molecular weight excluding hydrogens is 306 g/mol. The van der Waals surface area contributed by atoms with E-state index in [2.05, 4.69) is 15.5 Å². The topological polar surface area (TPSA) is 70.7 Å². The molecule has 0 bridgehead atoms. The van der Waals surface area contributed by atoms with Gasteiger partial charge in [-0.1, -0.05) is 12.8 Å². The van der Waals surface area contributed by atoms with Crippen LogP contribution in [0.1, 0.15) is 45.4 Å². The Balaban J connectivity index is 1.73. The number of carbonyl (C=O) groups is 2. The number of carbonyl (C=O) groups excluding carboxylic acids is 2. The van der Waals surface area contributed by atoms with Gasteiger partial charge in [0.05, 0.1) is 6.61 Å². The zero-order valence-electron chi connectivity index (χ0n) is 15.2. The van der Waals surface area contributed by atoms with Crippen LogP contribution in [0.25, 0.3) is 0 Å². The maximum atomic E-state index is 12.6. The second-order valence-corrected chi connectivity index (χ2v) is 7.25. The monoisotopic (exact) mass is 339 g/mol. The van der Waals surface area contributed by atoms with Crippen LogP contribution < -0.4 is 10.6 Å². The Morgan fingerprint density at radius 1 is 1.17 bits per heavy atom. The van der Waals surface area contributed by atoms with E-state index in [-0.39, 0.29) is 17.9 Å². The molecule has 6 heteroatoms. The van der Waals surface area contributed by atoms with Crippen molar-refractivity contribution in [2.75, 3.05) is 39.9 Å². The molecule has 0 radical (unpaired) electrons. The van der Waals surface area contributed by atoms with Crippen LogP contribution in [0.4, 0.5) is 0 Å². The van der Waals surface area contributed by atoms with E-state index in [0.29, 0.717) is 11.8 Å². The molecule has 138 valence electrons. The lowest BCUT2D eigenvalue weighted by molar-refractivity contribution is -0.129. The maximum Gasteiger partial charge on any atom is 0.242 e. The summed E-state index contributed by atoms with van der Waals surface area (Å²) in [4.78, 5) is 26.4. The van der Waals surface area contributed by atoms with Gasteiger partial charge in [-0.15, -0.1) is 0 Å². The molecule has 6 nitrogen and oxygen atoms in total. The van der Waals surface area contributed by atoms with Crippen molar-refractivity contribution in [3.8, 4) is 0 Å². The first kappa shape index (κ1) is 19.2. The summed E-state index contributed by atoms with van der Waals surface area (Å²) in [6.45, 7) is 6.12. The van der Waals surface area contributed by atoms with Gasteiger partial charge in [-0.3, -0.25) is 9.59 Å². The summed E-state index contributed by atoms with van der Waals surface area (Å²) >= 11 is 0. The average Bonchev–Trinajstić information content (AvgIpc) is 3.10. The lowest BCUT2D eigenvalue weighted by Gasteiger charge is -2.32. The van der Waals surface area contributed by atoms with Crippen molar-refractivity contribution < 1.29 is 14.3 Å². The van der Waals surface area contributed by atoms with E-state index < -0.39 is 0 Å². The third kappa shape index (κ3) is 6.06. The second-order valence-electron chi connectivity index (χ2n) is 7.25. The SMILES string of the molecule is COCCN1CCC(CNC(=O)C(NC(C)=O)C2CCCC2)CC1. The van der Waals surface area contributed by atoms with Crippen molar-refractivity contribution >= 4 is 11.8 Å². The molecule has 1 aliphatic carbocycles. The minimum Gasteiger partial charge on any atom is -0.383 e. The first-order chi connectivity index (χ1) is 11.6. The Morgan fingerprint density at radius 2 is 1.83 bits per heavy atom. The highest BCUT2D eigenvalue weighted by Crippen LogP contribution is 2.28. The number of rotatable bonds is 8. The third-order valence-electron chi connectivity index (χ3n) is 5.40. The van der Waals surface area contributed by atoms with Crippen molar-refractivity contribution in [3.63, 3.8) is 0 Å². The highest BCUT2D eigenvalue weighted by molar-refractivity contribution is 5.87. The predicted molar refractivity (Wildman–Crippen MR) is 93.6 cm³/mol. The standard InChI is InChI=1S/C18H33N3O3/c1-14(22)20-17(16-5-3-4-6-16)18(23)19-13-15-7-9-21(10-8-15)11-12-24-2/h15-17H,3-13H2,1-2H3,(H,19,23)(H,20,22). The number of hydrogen-bond acceptors (Lipinski definition) is 4. The quantitative estimate of drug-likeness (QED) is 0.696. The van der Waals surface area contributed by atoms with E-state index in [1.54, 1.807) is 7.11 Å². The Morgan fingerprint density at radius 3 is 2.42 bits per heavy atom. The molecule has 1 saturated heterocycles. The van der Waals surface area contributed by atoms with E-state index >= 15 is 0 Å². The number of amides is 2. The molecule has 2 amide bonds. The van der Waals surface area contributed by atoms with Gasteiger partial charge in [0, 0.05) is 27.1 Å². The molecular formula is C18H33N3O3. The number of piperidine rings is 1. The van der Waals surface area contributed by atoms with E-state index in [1.165, 1.54) is 6.92 Å². The van der Waals surface area contributed by atoms with Gasteiger partial charge in [-0.05, 0) is 50.6 Å². The van der Waals surface area contributed by atoms with Gasteiger partial charge in [0.15, 0.2) is 0 Å². The molecule has 0 aromatic rings. The zero-order valence-corrected chi connectivity index (χ0v) is 15.2. The summed E-state index contributed by atoms with van der Waals surface area (Å²) in [6.07, 6.45) is 6.62. The van der Waals surface area contributed by atoms with Gasteiger partial charge in [0.2, 0.25) is 11.8 Å². The zero-order chi connectivity index (χ0) is 17.4. The van der Waals surface area contributed by atoms with Crippen LogP contribution in [-0.2, 0) is 14.3 Å². The van der Waals surface area contributed by atoms with Crippen molar-refractivity contribution in [3.05, 3.63) is 0 Å². The third-order valence-corrected chi connectivity index (χ3v) is 5.40. The number of likely N-dealkylation sites (tertiary alicyclic amines) is 1. The number of hydrogen-bond donors (Lipinski definition) is 2. The summed E-state index contributed by atoms with van der Waals surface area (Å²) in [5.41, 5.74) is 0. The molecule has 1 aliphatic heterocycles. The Kier molecular flexibility index (Phi) is 7.99. The molecule has 0 spiro atoms. The van der Waals surface area contributed by atoms with Crippen molar-refractivity contribution in [2.24, 2.45) is 11.8 Å². The smallest absolute Gasteiger partial charge is 0.242 e. The minimum absolute atomic E-state index is 0.00101. The van der Waals surface area contributed by atoms with Gasteiger partial charge < -0.3 is 20.3 Å². The lowest BCUT2D eigenvalue weighted by Crippen LogP contribution is -2.51. The lowest BCUT2D eigenvalue weighted by atomic mass is 9.95. The molecule has 0 aromatic heterocycles. The van der Waals surface area contributed by atoms with Gasteiger partial charge in [-0.25, -0.2) is 0 Å². The van der Waals surface area contributed by atoms with Gasteiger partial charge >= 0.3 is 0 Å². The molecule has 2 fully saturated rings. The van der Waals surface area contributed by atoms with Crippen LogP contribution in [0.15, 0.2) is 0 Å². The molecule has 0 aromatic carbocycles. The van der Waals surface area contributed by atoms with Crippen LogP contribution in [0.5, 0.6) is 0 Å². The molecule has 2 rings (SSSR count). The molecule has 1 saturated carbocycles. The van der Waals surface area contributed by atoms with Crippen LogP contribution in [-0.4, -0.2) is 62.7 Å². The fraction of sp³-hybridized carbons (Fsp3) is 0.889. The summed E-state index contributed by atoms with van der Waals surface area (Å²) in [5.74, 6) is 0.714. The number of ether oxygens (including phenoxy) is 1. The predicted octanol–water partition coefficient (Wildman–Crippen LogP) is 1.16. The molecule has 24 heavy (non-hydrogen) atoms. The minimum atomic E-state index is -0.355. The molecule has 1 unspecified atom stereocenters. The number of nitrogens with one attached hydrogen (secondary N) is 2. The molecule has 2 aliphatic rings. The maximum absolute atomic E-state index is 12.6. The number of methoxy groups -OCH3 is 1. The summed E-state index contributed by atoms with van der Waals surface area (Å²) < 4.78 is 5.12. The summed E-state index contributed by atoms with van der Waals surface area (Å²) in [5, 5.41) is 5.96. The van der Waals surface area contributed by atoms with E-state index in [0.717, 1.165) is 71.3 Å². The van der Waals surface area contributed by atoms with Crippen molar-refractivity contribution in [2.45, 2.75) is 51.5 Å². The fourth-order valence-corrected chi connectivity index (χ4v) is 3.90. The molecule has 1 atom stereocenters. The van der Waals surface area contributed by atoms with Crippen LogP contribution in [0.2, 0.25) is 0 Å². The second kappa shape index (κ2) is 9.99. The van der Waals surface area contributed by atoms with E-state index in [9.17, 15) is 9.59 Å². The highest BCUT2D eigenvalue weighted by Gasteiger charge is 2.31. The van der Waals surface area contributed by atoms with Crippen molar-refractivity contribution in [1.29, 1.82) is 0 Å². The van der Waals surface area contributed by atoms with Gasteiger partial charge in [0.25, 0.3) is 0 Å². The normalized spacial score (nSPS) is 21.6. The Bertz CT molecular complexity index is 402. The van der Waals surface area contributed by atoms with E-state index in [1.807, 2.05) is 0 Å². The molecule has 2 N–H and O–H groups in total. The van der Waals surface area contributed by atoms with Gasteiger partial charge in [-0.2, -0.15) is 0 Å². The fourth-order valence-electron chi connectivity index (χ4n) is 3.90. The molecule has 1 heterocycles. The Labute approximate surface area is 145 Å². The van der Waals surface area contributed by atoms with Gasteiger partial charge in [0.1, 0.15) is 6.04 Å². The highest BCUT2D eigenvalue weighted by atomic mass is 16.5. The first-order valence-corrected chi connectivity index (χ1v) is 9.36.